The quantitative estimate of drug-likeness (QED) is 0.843. The van der Waals surface area contributed by atoms with E-state index < -0.39 is 0 Å². The number of piperazine rings is 1. The largest absolute Gasteiger partial charge is 0.369 e. The summed E-state index contributed by atoms with van der Waals surface area (Å²) in [5.41, 5.74) is 0. The predicted octanol–water partition coefficient (Wildman–Crippen LogP) is 2.07. The Balaban J connectivity index is 0.00000324. The van der Waals surface area contributed by atoms with E-state index in [9.17, 15) is 4.79 Å². The molecule has 1 saturated heterocycles. The Bertz CT molecular complexity index is 274. The number of carbonyl (C=O) groups excluding carboxylic acids is 1. The molecule has 1 aliphatic heterocycles. The van der Waals surface area contributed by atoms with Crippen molar-refractivity contribution in [1.29, 1.82) is 0 Å². The van der Waals surface area contributed by atoms with Crippen molar-refractivity contribution in [2.24, 2.45) is 5.92 Å². The fourth-order valence-corrected chi connectivity index (χ4v) is 2.15. The molecule has 1 amide bonds. The topological polar surface area (TPSA) is 41.6 Å². The summed E-state index contributed by atoms with van der Waals surface area (Å²) in [5, 5.41) is 3.38. The zero-order valence-corrected chi connectivity index (χ0v) is 13.6. The Kier molecular flexibility index (Phi) is 8.62. The lowest BCUT2D eigenvalue weighted by molar-refractivity contribution is -0.146. The molecule has 19 heavy (non-hydrogen) atoms. The lowest BCUT2D eigenvalue weighted by atomic mass is 10.1. The third kappa shape index (κ3) is 5.67. The highest BCUT2D eigenvalue weighted by molar-refractivity contribution is 5.85. The van der Waals surface area contributed by atoms with Gasteiger partial charge in [0.25, 0.3) is 5.91 Å². The summed E-state index contributed by atoms with van der Waals surface area (Å²) >= 11 is 0. The van der Waals surface area contributed by atoms with Crippen LogP contribution in [0.2, 0.25) is 0 Å². The number of halogens is 1. The number of carbonyl (C=O) groups is 1. The highest BCUT2D eigenvalue weighted by Gasteiger charge is 2.30. The van der Waals surface area contributed by atoms with Gasteiger partial charge in [-0.25, -0.2) is 0 Å². The maximum atomic E-state index is 12.3. The van der Waals surface area contributed by atoms with E-state index in [0.29, 0.717) is 18.6 Å². The van der Waals surface area contributed by atoms with Gasteiger partial charge in [-0.05, 0) is 33.1 Å². The summed E-state index contributed by atoms with van der Waals surface area (Å²) in [7, 11) is 0. The zero-order chi connectivity index (χ0) is 13.7. The third-order valence-electron chi connectivity index (χ3n) is 3.73. The molecule has 0 radical (unpaired) electrons. The molecule has 0 aromatic rings. The van der Waals surface area contributed by atoms with Gasteiger partial charge < -0.3 is 15.0 Å². The number of nitrogens with zero attached hydrogens (tertiary/aromatic N) is 1. The molecule has 5 heteroatoms. The van der Waals surface area contributed by atoms with Crippen LogP contribution in [-0.4, -0.2) is 48.7 Å². The van der Waals surface area contributed by atoms with Crippen molar-refractivity contribution < 1.29 is 9.53 Å². The van der Waals surface area contributed by atoms with Crippen LogP contribution in [0.25, 0.3) is 0 Å². The molecule has 4 nitrogen and oxygen atoms in total. The second-order valence-electron chi connectivity index (χ2n) is 5.71. The molecule has 0 spiro atoms. The highest BCUT2D eigenvalue weighted by Crippen LogP contribution is 2.12. The second-order valence-corrected chi connectivity index (χ2v) is 5.71. The smallest absolute Gasteiger partial charge is 0.251 e. The van der Waals surface area contributed by atoms with Crippen molar-refractivity contribution >= 4 is 18.3 Å². The number of hydrogen-bond donors (Lipinski definition) is 1. The molecule has 3 atom stereocenters. The second kappa shape index (κ2) is 8.77. The minimum Gasteiger partial charge on any atom is -0.369 e. The van der Waals surface area contributed by atoms with Crippen molar-refractivity contribution in [3.8, 4) is 0 Å². The molecule has 1 heterocycles. The molecule has 0 saturated carbocycles. The summed E-state index contributed by atoms with van der Waals surface area (Å²) in [6, 6.07) is 0.591. The maximum absolute atomic E-state index is 12.3. The van der Waals surface area contributed by atoms with Crippen LogP contribution in [-0.2, 0) is 9.53 Å². The van der Waals surface area contributed by atoms with Crippen molar-refractivity contribution in [3.05, 3.63) is 0 Å². The molecule has 1 fully saturated rings. The SMILES string of the molecule is CC(C)CCOC(C)C(=O)N1CCNC(C)C1C.Cl. The molecule has 114 valence electrons. The Morgan fingerprint density at radius 3 is 2.58 bits per heavy atom. The summed E-state index contributed by atoms with van der Waals surface area (Å²) in [5.74, 6) is 0.741. The van der Waals surface area contributed by atoms with Crippen LogP contribution in [0.5, 0.6) is 0 Å². The first-order valence-corrected chi connectivity index (χ1v) is 7.09. The molecule has 1 rings (SSSR count). The van der Waals surface area contributed by atoms with Crippen LogP contribution < -0.4 is 5.32 Å². The molecular formula is C14H29ClN2O2. The Hall–Kier alpha value is -0.320. The lowest BCUT2D eigenvalue weighted by Crippen LogP contribution is -2.59. The van der Waals surface area contributed by atoms with Crippen LogP contribution in [0, 0.1) is 5.92 Å². The molecule has 0 bridgehead atoms. The van der Waals surface area contributed by atoms with Gasteiger partial charge in [-0.2, -0.15) is 0 Å². The van der Waals surface area contributed by atoms with E-state index in [1.807, 2.05) is 11.8 Å². The zero-order valence-electron chi connectivity index (χ0n) is 12.8. The van der Waals surface area contributed by atoms with E-state index in [-0.39, 0.29) is 30.5 Å². The van der Waals surface area contributed by atoms with Gasteiger partial charge in [0.1, 0.15) is 6.10 Å². The Labute approximate surface area is 123 Å². The van der Waals surface area contributed by atoms with Crippen molar-refractivity contribution in [2.45, 2.75) is 59.2 Å². The number of nitrogens with one attached hydrogen (secondary N) is 1. The van der Waals surface area contributed by atoms with Crippen molar-refractivity contribution in [2.75, 3.05) is 19.7 Å². The number of amides is 1. The van der Waals surface area contributed by atoms with E-state index >= 15 is 0 Å². The van der Waals surface area contributed by atoms with Gasteiger partial charge in [0.2, 0.25) is 0 Å². The minimum atomic E-state index is -0.323. The predicted molar refractivity (Wildman–Crippen MR) is 80.8 cm³/mol. The van der Waals surface area contributed by atoms with E-state index in [1.165, 1.54) is 0 Å². The maximum Gasteiger partial charge on any atom is 0.251 e. The molecule has 0 aromatic carbocycles. The lowest BCUT2D eigenvalue weighted by Gasteiger charge is -2.39. The Morgan fingerprint density at radius 1 is 1.37 bits per heavy atom. The fraction of sp³-hybridized carbons (Fsp3) is 0.929. The van der Waals surface area contributed by atoms with Gasteiger partial charge in [0.15, 0.2) is 0 Å². The van der Waals surface area contributed by atoms with E-state index in [0.717, 1.165) is 19.5 Å². The standard InChI is InChI=1S/C14H28N2O2.ClH/c1-10(2)6-9-18-13(5)14(17)16-8-7-15-11(3)12(16)4;/h10-13,15H,6-9H2,1-5H3;1H. The molecule has 3 unspecified atom stereocenters. The van der Waals surface area contributed by atoms with E-state index in [4.69, 9.17) is 4.74 Å². The van der Waals surface area contributed by atoms with Gasteiger partial charge >= 0.3 is 0 Å². The van der Waals surface area contributed by atoms with Gasteiger partial charge in [-0.15, -0.1) is 12.4 Å². The van der Waals surface area contributed by atoms with Crippen LogP contribution in [0.15, 0.2) is 0 Å². The summed E-state index contributed by atoms with van der Waals surface area (Å²) in [6.45, 7) is 12.7. The summed E-state index contributed by atoms with van der Waals surface area (Å²) in [6.07, 6.45) is 0.682. The van der Waals surface area contributed by atoms with Gasteiger partial charge in [-0.3, -0.25) is 4.79 Å². The average Bonchev–Trinajstić information content (AvgIpc) is 2.31. The fourth-order valence-electron chi connectivity index (χ4n) is 2.15. The first kappa shape index (κ1) is 18.7. The van der Waals surface area contributed by atoms with Crippen LogP contribution in [0.3, 0.4) is 0 Å². The first-order valence-electron chi connectivity index (χ1n) is 7.09. The van der Waals surface area contributed by atoms with Gasteiger partial charge in [0.05, 0.1) is 0 Å². The molecule has 0 aromatic heterocycles. The first-order chi connectivity index (χ1) is 8.43. The van der Waals surface area contributed by atoms with Crippen LogP contribution in [0.4, 0.5) is 0 Å². The van der Waals surface area contributed by atoms with E-state index in [1.54, 1.807) is 0 Å². The molecule has 0 aliphatic carbocycles. The summed E-state index contributed by atoms with van der Waals surface area (Å²) < 4.78 is 5.64. The minimum absolute atomic E-state index is 0. The highest BCUT2D eigenvalue weighted by atomic mass is 35.5. The van der Waals surface area contributed by atoms with Gasteiger partial charge in [0, 0.05) is 31.8 Å². The molecule has 1 N–H and O–H groups in total. The van der Waals surface area contributed by atoms with Crippen molar-refractivity contribution in [3.63, 3.8) is 0 Å². The normalized spacial score (nSPS) is 25.1. The monoisotopic (exact) mass is 292 g/mol. The third-order valence-corrected chi connectivity index (χ3v) is 3.73. The molecular weight excluding hydrogens is 264 g/mol. The summed E-state index contributed by atoms with van der Waals surface area (Å²) in [4.78, 5) is 14.2. The van der Waals surface area contributed by atoms with Gasteiger partial charge in [-0.1, -0.05) is 13.8 Å². The number of ether oxygens (including phenoxy) is 1. The van der Waals surface area contributed by atoms with Crippen molar-refractivity contribution in [1.82, 2.24) is 10.2 Å². The van der Waals surface area contributed by atoms with Crippen LogP contribution in [0.1, 0.15) is 41.0 Å². The number of hydrogen-bond acceptors (Lipinski definition) is 3. The Morgan fingerprint density at radius 2 is 2.00 bits per heavy atom. The average molecular weight is 293 g/mol. The van der Waals surface area contributed by atoms with Crippen LogP contribution >= 0.6 is 12.4 Å². The number of rotatable bonds is 5. The van der Waals surface area contributed by atoms with E-state index in [2.05, 4.69) is 33.0 Å². The molecule has 1 aliphatic rings.